The molecule has 210 valence electrons. The first-order valence-electron chi connectivity index (χ1n) is 12.7. The molecule has 2 aromatic carbocycles. The highest BCUT2D eigenvalue weighted by atomic mass is 16.4. The van der Waals surface area contributed by atoms with Gasteiger partial charge < -0.3 is 32.5 Å². The molecule has 4 atom stereocenters. The number of nitrogens with one attached hydrogen (secondary N) is 3. The summed E-state index contributed by atoms with van der Waals surface area (Å²) in [7, 11) is 0. The fourth-order valence-corrected chi connectivity index (χ4v) is 3.95. The zero-order chi connectivity index (χ0) is 28.9. The quantitative estimate of drug-likeness (QED) is 0.187. The first kappa shape index (κ1) is 31.0. The van der Waals surface area contributed by atoms with Crippen molar-refractivity contribution in [3.63, 3.8) is 0 Å². The monoisotopic (exact) mass is 539 g/mol. The van der Waals surface area contributed by atoms with Crippen LogP contribution in [-0.4, -0.2) is 58.9 Å². The molecule has 2 rings (SSSR count). The zero-order valence-electron chi connectivity index (χ0n) is 22.1. The zero-order valence-corrected chi connectivity index (χ0v) is 22.1. The number of primary amides is 1. The van der Waals surface area contributed by atoms with Gasteiger partial charge in [-0.05, 0) is 29.9 Å². The maximum absolute atomic E-state index is 13.4. The number of rotatable bonds is 15. The number of carboxylic acids is 1. The van der Waals surface area contributed by atoms with E-state index in [0.29, 0.717) is 0 Å². The minimum atomic E-state index is -1.54. The van der Waals surface area contributed by atoms with E-state index in [9.17, 15) is 29.1 Å². The average Bonchev–Trinajstić information content (AvgIpc) is 2.88. The van der Waals surface area contributed by atoms with Crippen LogP contribution in [0.3, 0.4) is 0 Å². The molecule has 39 heavy (non-hydrogen) atoms. The molecule has 0 aliphatic rings. The molecule has 0 fully saturated rings. The lowest BCUT2D eigenvalue weighted by Crippen LogP contribution is -2.58. The van der Waals surface area contributed by atoms with Gasteiger partial charge in [-0.15, -0.1) is 0 Å². The molecule has 2 aromatic rings. The standard InChI is InChI=1S/C28H37N5O6/c1-17(2)13-21(26(36)33-23(28(38)39)16-24(30)34)32-27(37)22(15-19-11-7-4-8-12-19)31-25(35)20(29)14-18-9-5-3-6-10-18/h3-12,17,20-23H,13-16,29H2,1-2H3,(H2,30,34)(H,31,35)(H,32,37)(H,33,36)(H,38,39). The van der Waals surface area contributed by atoms with Gasteiger partial charge in [-0.25, -0.2) is 4.79 Å². The molecule has 0 aliphatic carbocycles. The third kappa shape index (κ3) is 10.9. The number of aliphatic carboxylic acids is 1. The van der Waals surface area contributed by atoms with Gasteiger partial charge in [-0.1, -0.05) is 74.5 Å². The fourth-order valence-electron chi connectivity index (χ4n) is 3.95. The summed E-state index contributed by atoms with van der Waals surface area (Å²) in [6.07, 6.45) is -0.0253. The summed E-state index contributed by atoms with van der Waals surface area (Å²) in [5, 5.41) is 17.0. The summed E-state index contributed by atoms with van der Waals surface area (Å²) in [5.74, 6) is -4.34. The van der Waals surface area contributed by atoms with Crippen LogP contribution in [-0.2, 0) is 36.8 Å². The van der Waals surface area contributed by atoms with E-state index in [2.05, 4.69) is 16.0 Å². The summed E-state index contributed by atoms with van der Waals surface area (Å²) < 4.78 is 0. The predicted molar refractivity (Wildman–Crippen MR) is 145 cm³/mol. The smallest absolute Gasteiger partial charge is 0.326 e. The lowest BCUT2D eigenvalue weighted by molar-refractivity contribution is -0.143. The van der Waals surface area contributed by atoms with Crippen molar-refractivity contribution in [2.45, 2.75) is 63.7 Å². The number of nitrogens with two attached hydrogens (primary N) is 2. The van der Waals surface area contributed by atoms with Crippen molar-refractivity contribution in [2.75, 3.05) is 0 Å². The molecule has 0 aliphatic heterocycles. The summed E-state index contributed by atoms with van der Waals surface area (Å²) in [4.78, 5) is 62.1. The van der Waals surface area contributed by atoms with E-state index in [1.54, 1.807) is 24.3 Å². The maximum Gasteiger partial charge on any atom is 0.326 e. The van der Waals surface area contributed by atoms with Gasteiger partial charge in [0.2, 0.25) is 23.6 Å². The Labute approximate surface area is 227 Å². The summed E-state index contributed by atoms with van der Waals surface area (Å²) in [6.45, 7) is 3.66. The van der Waals surface area contributed by atoms with E-state index in [-0.39, 0.29) is 25.2 Å². The first-order chi connectivity index (χ1) is 18.5. The number of hydrogen-bond donors (Lipinski definition) is 6. The Kier molecular flexibility index (Phi) is 12.1. The minimum Gasteiger partial charge on any atom is -0.480 e. The predicted octanol–water partition coefficient (Wildman–Crippen LogP) is 0.260. The first-order valence-corrected chi connectivity index (χ1v) is 12.7. The van der Waals surface area contributed by atoms with Crippen molar-refractivity contribution in [3.8, 4) is 0 Å². The Morgan fingerprint density at radius 3 is 1.67 bits per heavy atom. The van der Waals surface area contributed by atoms with E-state index in [4.69, 9.17) is 11.5 Å². The van der Waals surface area contributed by atoms with Crippen LogP contribution in [0.4, 0.5) is 0 Å². The second-order valence-corrected chi connectivity index (χ2v) is 9.81. The minimum absolute atomic E-state index is 0.0538. The summed E-state index contributed by atoms with van der Waals surface area (Å²) >= 11 is 0. The van der Waals surface area contributed by atoms with Gasteiger partial charge in [0.15, 0.2) is 0 Å². The Hall–Kier alpha value is -4.25. The molecule has 0 saturated carbocycles. The molecule has 11 nitrogen and oxygen atoms in total. The van der Waals surface area contributed by atoms with Crippen molar-refractivity contribution >= 4 is 29.6 Å². The number of benzene rings is 2. The van der Waals surface area contributed by atoms with E-state index in [1.165, 1.54) is 0 Å². The van der Waals surface area contributed by atoms with E-state index >= 15 is 0 Å². The normalized spacial score (nSPS) is 13.9. The van der Waals surface area contributed by atoms with Crippen molar-refractivity contribution < 1.29 is 29.1 Å². The molecule has 0 aromatic heterocycles. The highest BCUT2D eigenvalue weighted by Gasteiger charge is 2.31. The van der Waals surface area contributed by atoms with Crippen molar-refractivity contribution in [2.24, 2.45) is 17.4 Å². The van der Waals surface area contributed by atoms with Crippen LogP contribution in [0, 0.1) is 5.92 Å². The molecule has 0 saturated heterocycles. The highest BCUT2D eigenvalue weighted by molar-refractivity contribution is 5.95. The largest absolute Gasteiger partial charge is 0.480 e. The van der Waals surface area contributed by atoms with Gasteiger partial charge >= 0.3 is 5.97 Å². The molecule has 0 radical (unpaired) electrons. The third-order valence-corrected chi connectivity index (χ3v) is 5.91. The Balaban J connectivity index is 2.21. The van der Waals surface area contributed by atoms with Crippen LogP contribution in [0.5, 0.6) is 0 Å². The van der Waals surface area contributed by atoms with Crippen molar-refractivity contribution in [1.82, 2.24) is 16.0 Å². The van der Waals surface area contributed by atoms with Crippen LogP contribution in [0.25, 0.3) is 0 Å². The van der Waals surface area contributed by atoms with Crippen LogP contribution in [0.1, 0.15) is 37.8 Å². The Morgan fingerprint density at radius 2 is 1.18 bits per heavy atom. The number of amides is 4. The van der Waals surface area contributed by atoms with E-state index in [0.717, 1.165) is 11.1 Å². The van der Waals surface area contributed by atoms with E-state index in [1.807, 2.05) is 50.2 Å². The molecule has 0 bridgehead atoms. The highest BCUT2D eigenvalue weighted by Crippen LogP contribution is 2.10. The van der Waals surface area contributed by atoms with Crippen LogP contribution >= 0.6 is 0 Å². The Bertz CT molecular complexity index is 1130. The maximum atomic E-state index is 13.4. The number of hydrogen-bond acceptors (Lipinski definition) is 6. The SMILES string of the molecule is CC(C)CC(NC(=O)C(Cc1ccccc1)NC(=O)C(N)Cc1ccccc1)C(=O)NC(CC(N)=O)C(=O)O. The lowest BCUT2D eigenvalue weighted by Gasteiger charge is -2.26. The summed E-state index contributed by atoms with van der Waals surface area (Å²) in [6, 6.07) is 13.6. The molecule has 11 heteroatoms. The second-order valence-electron chi connectivity index (χ2n) is 9.81. The van der Waals surface area contributed by atoms with Crippen molar-refractivity contribution in [3.05, 3.63) is 71.8 Å². The third-order valence-electron chi connectivity index (χ3n) is 5.91. The van der Waals surface area contributed by atoms with Gasteiger partial charge in [0.25, 0.3) is 0 Å². The van der Waals surface area contributed by atoms with Gasteiger partial charge in [-0.3, -0.25) is 19.2 Å². The lowest BCUT2D eigenvalue weighted by atomic mass is 10.00. The fraction of sp³-hybridized carbons (Fsp3) is 0.393. The molecule has 4 amide bonds. The number of carbonyl (C=O) groups excluding carboxylic acids is 4. The summed E-state index contributed by atoms with van der Waals surface area (Å²) in [5.41, 5.74) is 12.9. The molecular formula is C28H37N5O6. The molecule has 0 heterocycles. The van der Waals surface area contributed by atoms with Gasteiger partial charge in [-0.2, -0.15) is 0 Å². The molecular weight excluding hydrogens is 502 g/mol. The average molecular weight is 540 g/mol. The van der Waals surface area contributed by atoms with Crippen LogP contribution in [0.2, 0.25) is 0 Å². The van der Waals surface area contributed by atoms with Gasteiger partial charge in [0.1, 0.15) is 18.1 Å². The Morgan fingerprint density at radius 1 is 0.718 bits per heavy atom. The van der Waals surface area contributed by atoms with E-state index < -0.39 is 60.2 Å². The number of carboxylic acid groups (broad SMARTS) is 1. The van der Waals surface area contributed by atoms with Gasteiger partial charge in [0, 0.05) is 6.42 Å². The second kappa shape index (κ2) is 15.2. The van der Waals surface area contributed by atoms with Crippen molar-refractivity contribution in [1.29, 1.82) is 0 Å². The topological polar surface area (TPSA) is 194 Å². The molecule has 8 N–H and O–H groups in total. The van der Waals surface area contributed by atoms with Gasteiger partial charge in [0.05, 0.1) is 12.5 Å². The number of carbonyl (C=O) groups is 5. The molecule has 0 spiro atoms. The van der Waals surface area contributed by atoms with Crippen LogP contribution in [0.15, 0.2) is 60.7 Å². The molecule has 4 unspecified atom stereocenters. The van der Waals surface area contributed by atoms with Crippen LogP contribution < -0.4 is 27.4 Å².